The van der Waals surface area contributed by atoms with Crippen LogP contribution in [0, 0.1) is 5.82 Å². The van der Waals surface area contributed by atoms with Gasteiger partial charge in [0.25, 0.3) is 0 Å². The van der Waals surface area contributed by atoms with Crippen LogP contribution in [0.2, 0.25) is 0 Å². The van der Waals surface area contributed by atoms with Gasteiger partial charge in [-0.2, -0.15) is 0 Å². The van der Waals surface area contributed by atoms with E-state index in [9.17, 15) is 4.39 Å². The molecule has 1 aromatic carbocycles. The maximum Gasteiger partial charge on any atom is 0.158 e. The number of halogens is 1. The second kappa shape index (κ2) is 5.60. The van der Waals surface area contributed by atoms with Crippen molar-refractivity contribution in [2.24, 2.45) is 5.84 Å². The van der Waals surface area contributed by atoms with E-state index >= 15 is 0 Å². The van der Waals surface area contributed by atoms with Crippen molar-refractivity contribution in [3.63, 3.8) is 0 Å². The zero-order valence-corrected chi connectivity index (χ0v) is 9.75. The molecule has 6 heteroatoms. The average Bonchev–Trinajstić information content (AvgIpc) is 2.39. The zero-order chi connectivity index (χ0) is 12.1. The molecule has 0 atom stereocenters. The van der Waals surface area contributed by atoms with E-state index in [2.05, 4.69) is 15.4 Å². The highest BCUT2D eigenvalue weighted by Crippen LogP contribution is 2.21. The Morgan fingerprint density at radius 1 is 1.18 bits per heavy atom. The van der Waals surface area contributed by atoms with Crippen molar-refractivity contribution >= 4 is 17.6 Å². The maximum atomic E-state index is 12.7. The van der Waals surface area contributed by atoms with Crippen molar-refractivity contribution in [2.75, 3.05) is 5.43 Å². The highest BCUT2D eigenvalue weighted by molar-refractivity contribution is 7.98. The van der Waals surface area contributed by atoms with Crippen LogP contribution in [0.4, 0.5) is 10.2 Å². The number of hydrazine groups is 1. The minimum atomic E-state index is -0.229. The number of nitrogens with zero attached hydrogens (tertiary/aromatic N) is 2. The molecule has 17 heavy (non-hydrogen) atoms. The predicted molar refractivity (Wildman–Crippen MR) is 65.8 cm³/mol. The molecule has 0 aliphatic rings. The lowest BCUT2D eigenvalue weighted by atomic mass is 10.4. The fourth-order valence-electron chi connectivity index (χ4n) is 1.19. The number of rotatable bonds is 4. The third-order valence-electron chi connectivity index (χ3n) is 2.05. The van der Waals surface area contributed by atoms with Gasteiger partial charge in [-0.3, -0.25) is 4.98 Å². The molecule has 0 radical (unpaired) electrons. The first kappa shape index (κ1) is 11.8. The van der Waals surface area contributed by atoms with Gasteiger partial charge < -0.3 is 5.43 Å². The smallest absolute Gasteiger partial charge is 0.158 e. The molecule has 0 unspecified atom stereocenters. The summed E-state index contributed by atoms with van der Waals surface area (Å²) in [5, 5.41) is 0. The molecule has 0 bridgehead atoms. The first-order chi connectivity index (χ1) is 8.28. The van der Waals surface area contributed by atoms with E-state index in [1.54, 1.807) is 36.3 Å². The SMILES string of the molecule is NNc1cnc(CSc2ccc(F)cc2)cn1. The molecule has 1 heterocycles. The summed E-state index contributed by atoms with van der Waals surface area (Å²) in [6, 6.07) is 6.36. The van der Waals surface area contributed by atoms with Crippen molar-refractivity contribution in [2.45, 2.75) is 10.6 Å². The van der Waals surface area contributed by atoms with E-state index in [1.165, 1.54) is 12.1 Å². The summed E-state index contributed by atoms with van der Waals surface area (Å²) < 4.78 is 12.7. The summed E-state index contributed by atoms with van der Waals surface area (Å²) in [5.74, 6) is 6.17. The lowest BCUT2D eigenvalue weighted by molar-refractivity contribution is 0.626. The molecule has 0 fully saturated rings. The minimum absolute atomic E-state index is 0.229. The molecule has 0 amide bonds. The number of thioether (sulfide) groups is 1. The summed E-state index contributed by atoms with van der Waals surface area (Å²) in [4.78, 5) is 9.23. The third kappa shape index (κ3) is 3.40. The Kier molecular flexibility index (Phi) is 3.89. The van der Waals surface area contributed by atoms with Gasteiger partial charge in [-0.1, -0.05) is 0 Å². The predicted octanol–water partition coefficient (Wildman–Crippen LogP) is 2.19. The second-order valence-corrected chi connectivity index (χ2v) is 4.33. The van der Waals surface area contributed by atoms with E-state index in [1.807, 2.05) is 0 Å². The molecule has 0 aliphatic carbocycles. The lowest BCUT2D eigenvalue weighted by Crippen LogP contribution is -2.08. The Morgan fingerprint density at radius 3 is 2.53 bits per heavy atom. The largest absolute Gasteiger partial charge is 0.307 e. The van der Waals surface area contributed by atoms with Gasteiger partial charge in [0, 0.05) is 10.6 Å². The second-order valence-electron chi connectivity index (χ2n) is 3.28. The van der Waals surface area contributed by atoms with Crippen LogP contribution in [0.3, 0.4) is 0 Å². The Balaban J connectivity index is 1.95. The third-order valence-corrected chi connectivity index (χ3v) is 3.10. The number of hydrogen-bond donors (Lipinski definition) is 2. The van der Waals surface area contributed by atoms with Crippen LogP contribution in [-0.2, 0) is 5.75 Å². The average molecular weight is 250 g/mol. The molecule has 0 saturated heterocycles. The van der Waals surface area contributed by atoms with E-state index in [0.717, 1.165) is 10.6 Å². The Morgan fingerprint density at radius 2 is 1.94 bits per heavy atom. The number of hydrogen-bond acceptors (Lipinski definition) is 5. The van der Waals surface area contributed by atoms with Crippen LogP contribution >= 0.6 is 11.8 Å². The quantitative estimate of drug-likeness (QED) is 0.495. The van der Waals surface area contributed by atoms with Crippen LogP contribution in [-0.4, -0.2) is 9.97 Å². The molecule has 0 saturated carbocycles. The molecule has 88 valence electrons. The van der Waals surface area contributed by atoms with Gasteiger partial charge in [-0.05, 0) is 24.3 Å². The van der Waals surface area contributed by atoms with E-state index < -0.39 is 0 Å². The fourth-order valence-corrected chi connectivity index (χ4v) is 1.98. The van der Waals surface area contributed by atoms with Crippen LogP contribution in [0.1, 0.15) is 5.69 Å². The standard InChI is InChI=1S/C11H11FN4S/c12-8-1-3-10(4-2-8)17-7-9-5-15-11(16-13)6-14-9/h1-6H,7,13H2,(H,15,16). The fraction of sp³-hybridized carbons (Fsp3) is 0.0909. The molecule has 2 rings (SSSR count). The summed E-state index contributed by atoms with van der Waals surface area (Å²) in [6.45, 7) is 0. The Hall–Kier alpha value is -1.66. The molecule has 1 aromatic heterocycles. The molecule has 3 N–H and O–H groups in total. The van der Waals surface area contributed by atoms with Gasteiger partial charge in [0.1, 0.15) is 5.82 Å². The molecule has 4 nitrogen and oxygen atoms in total. The van der Waals surface area contributed by atoms with Gasteiger partial charge in [0.2, 0.25) is 0 Å². The molecule has 0 spiro atoms. The Bertz CT molecular complexity index is 472. The molecular weight excluding hydrogens is 239 g/mol. The lowest BCUT2D eigenvalue weighted by Gasteiger charge is -2.02. The van der Waals surface area contributed by atoms with Crippen molar-refractivity contribution in [1.29, 1.82) is 0 Å². The van der Waals surface area contributed by atoms with Crippen molar-refractivity contribution in [3.8, 4) is 0 Å². The van der Waals surface area contributed by atoms with Crippen LogP contribution in [0.25, 0.3) is 0 Å². The topological polar surface area (TPSA) is 63.8 Å². The van der Waals surface area contributed by atoms with E-state index in [4.69, 9.17) is 5.84 Å². The first-order valence-corrected chi connectivity index (χ1v) is 5.92. The van der Waals surface area contributed by atoms with Crippen LogP contribution < -0.4 is 11.3 Å². The van der Waals surface area contributed by atoms with Gasteiger partial charge >= 0.3 is 0 Å². The number of nitrogen functional groups attached to an aromatic ring is 1. The van der Waals surface area contributed by atoms with Gasteiger partial charge in [0.05, 0.1) is 18.1 Å². The summed E-state index contributed by atoms with van der Waals surface area (Å²) >= 11 is 1.57. The minimum Gasteiger partial charge on any atom is -0.307 e. The summed E-state index contributed by atoms with van der Waals surface area (Å²) in [5.41, 5.74) is 3.26. The highest BCUT2D eigenvalue weighted by Gasteiger charge is 1.99. The van der Waals surface area contributed by atoms with Gasteiger partial charge in [0.15, 0.2) is 5.82 Å². The molecule has 0 aliphatic heterocycles. The Labute approximate surface area is 102 Å². The highest BCUT2D eigenvalue weighted by atomic mass is 32.2. The monoisotopic (exact) mass is 250 g/mol. The van der Waals surface area contributed by atoms with Gasteiger partial charge in [-0.25, -0.2) is 15.2 Å². The number of nitrogens with one attached hydrogen (secondary N) is 1. The number of anilines is 1. The molecule has 2 aromatic rings. The van der Waals surface area contributed by atoms with E-state index in [0.29, 0.717) is 11.6 Å². The van der Waals surface area contributed by atoms with Crippen molar-refractivity contribution in [3.05, 3.63) is 48.2 Å². The maximum absolute atomic E-state index is 12.7. The van der Waals surface area contributed by atoms with Crippen molar-refractivity contribution < 1.29 is 4.39 Å². The summed E-state index contributed by atoms with van der Waals surface area (Å²) in [6.07, 6.45) is 3.23. The van der Waals surface area contributed by atoms with Gasteiger partial charge in [-0.15, -0.1) is 11.8 Å². The van der Waals surface area contributed by atoms with Crippen molar-refractivity contribution in [1.82, 2.24) is 9.97 Å². The number of benzene rings is 1. The van der Waals surface area contributed by atoms with Crippen LogP contribution in [0.5, 0.6) is 0 Å². The number of nitrogens with two attached hydrogens (primary N) is 1. The van der Waals surface area contributed by atoms with E-state index in [-0.39, 0.29) is 5.82 Å². The number of aromatic nitrogens is 2. The zero-order valence-electron chi connectivity index (χ0n) is 8.93. The normalized spacial score (nSPS) is 10.2. The summed E-state index contributed by atoms with van der Waals surface area (Å²) in [7, 11) is 0. The first-order valence-electron chi connectivity index (χ1n) is 4.94. The van der Waals surface area contributed by atoms with Crippen LogP contribution in [0.15, 0.2) is 41.6 Å². The molecular formula is C11H11FN4S.